The van der Waals surface area contributed by atoms with Crippen LogP contribution in [0.3, 0.4) is 0 Å². The Hall–Kier alpha value is -1.38. The van der Waals surface area contributed by atoms with Gasteiger partial charge in [-0.1, -0.05) is 30.0 Å². The van der Waals surface area contributed by atoms with Crippen LogP contribution in [0.25, 0.3) is 0 Å². The van der Waals surface area contributed by atoms with Crippen LogP contribution in [0, 0.1) is 11.8 Å². The molecule has 2 unspecified atom stereocenters. The topological polar surface area (TPSA) is 58.7 Å². The van der Waals surface area contributed by atoms with Crippen molar-refractivity contribution < 1.29 is 9.84 Å². The van der Waals surface area contributed by atoms with Crippen molar-refractivity contribution in [3.8, 4) is 11.8 Å². The van der Waals surface area contributed by atoms with E-state index < -0.39 is 0 Å². The second-order valence-electron chi connectivity index (χ2n) is 5.08. The SMILES string of the molecule is CC1COC(CO)CN1Cc1ccccc1C#CCN. The molecule has 0 aromatic heterocycles. The lowest BCUT2D eigenvalue weighted by Crippen LogP contribution is -2.48. The lowest BCUT2D eigenvalue weighted by Gasteiger charge is -2.37. The summed E-state index contributed by atoms with van der Waals surface area (Å²) < 4.78 is 5.57. The molecule has 0 saturated carbocycles. The fourth-order valence-corrected chi connectivity index (χ4v) is 2.35. The van der Waals surface area contributed by atoms with Crippen molar-refractivity contribution in [3.63, 3.8) is 0 Å². The smallest absolute Gasteiger partial charge is 0.0933 e. The zero-order valence-electron chi connectivity index (χ0n) is 11.9. The van der Waals surface area contributed by atoms with Crippen molar-refractivity contribution >= 4 is 0 Å². The highest BCUT2D eigenvalue weighted by atomic mass is 16.5. The van der Waals surface area contributed by atoms with Crippen LogP contribution < -0.4 is 5.73 Å². The lowest BCUT2D eigenvalue weighted by molar-refractivity contribution is -0.0805. The first-order valence-electron chi connectivity index (χ1n) is 6.98. The summed E-state index contributed by atoms with van der Waals surface area (Å²) in [6, 6.07) is 8.47. The first-order valence-corrected chi connectivity index (χ1v) is 6.98. The number of hydrogen-bond acceptors (Lipinski definition) is 4. The van der Waals surface area contributed by atoms with Gasteiger partial charge in [-0.2, -0.15) is 0 Å². The summed E-state index contributed by atoms with van der Waals surface area (Å²) in [6.45, 7) is 4.79. The predicted molar refractivity (Wildman–Crippen MR) is 79.1 cm³/mol. The minimum atomic E-state index is -0.0894. The van der Waals surface area contributed by atoms with Crippen molar-refractivity contribution in [1.82, 2.24) is 4.90 Å². The fraction of sp³-hybridized carbons (Fsp3) is 0.500. The fourth-order valence-electron chi connectivity index (χ4n) is 2.35. The highest BCUT2D eigenvalue weighted by Gasteiger charge is 2.25. The van der Waals surface area contributed by atoms with Crippen LogP contribution in [0.1, 0.15) is 18.1 Å². The van der Waals surface area contributed by atoms with Gasteiger partial charge in [-0.25, -0.2) is 0 Å². The molecule has 2 atom stereocenters. The number of morpholine rings is 1. The van der Waals surface area contributed by atoms with Gasteiger partial charge in [0.05, 0.1) is 25.9 Å². The maximum absolute atomic E-state index is 9.24. The molecular formula is C16H22N2O2. The minimum absolute atomic E-state index is 0.0673. The van der Waals surface area contributed by atoms with Crippen LogP contribution in [-0.4, -0.2) is 48.5 Å². The van der Waals surface area contributed by atoms with E-state index in [1.54, 1.807) is 0 Å². The van der Waals surface area contributed by atoms with E-state index in [0.717, 1.165) is 18.7 Å². The average molecular weight is 274 g/mol. The first kappa shape index (κ1) is 15.0. The van der Waals surface area contributed by atoms with Crippen molar-refractivity contribution in [3.05, 3.63) is 35.4 Å². The molecule has 0 spiro atoms. The van der Waals surface area contributed by atoms with E-state index in [4.69, 9.17) is 10.5 Å². The first-order chi connectivity index (χ1) is 9.74. The summed E-state index contributed by atoms with van der Waals surface area (Å²) in [5.41, 5.74) is 7.66. The maximum Gasteiger partial charge on any atom is 0.0933 e. The second-order valence-corrected chi connectivity index (χ2v) is 5.08. The Balaban J connectivity index is 2.12. The largest absolute Gasteiger partial charge is 0.394 e. The molecule has 4 heteroatoms. The number of ether oxygens (including phenoxy) is 1. The number of nitrogens with zero attached hydrogens (tertiary/aromatic N) is 1. The molecule has 1 fully saturated rings. The van der Waals surface area contributed by atoms with Gasteiger partial charge < -0.3 is 15.6 Å². The van der Waals surface area contributed by atoms with E-state index in [9.17, 15) is 5.11 Å². The van der Waals surface area contributed by atoms with Gasteiger partial charge in [-0.15, -0.1) is 0 Å². The molecule has 0 bridgehead atoms. The third kappa shape index (κ3) is 3.81. The molecule has 1 aliphatic rings. The zero-order valence-corrected chi connectivity index (χ0v) is 11.9. The summed E-state index contributed by atoms with van der Waals surface area (Å²) in [6.07, 6.45) is -0.0894. The standard InChI is InChI=1S/C16H22N2O2/c1-13-12-20-16(11-19)10-18(13)9-15-6-3-2-5-14(15)7-4-8-17/h2-3,5-6,13,16,19H,8-12,17H2,1H3. The molecule has 3 N–H and O–H groups in total. The van der Waals surface area contributed by atoms with E-state index in [2.05, 4.69) is 29.7 Å². The Morgan fingerprint density at radius 1 is 1.45 bits per heavy atom. The quantitative estimate of drug-likeness (QED) is 0.792. The molecule has 1 aliphatic heterocycles. The Bertz CT molecular complexity index is 493. The number of aliphatic hydroxyl groups excluding tert-OH is 1. The number of aliphatic hydroxyl groups is 1. The van der Waals surface area contributed by atoms with E-state index in [1.807, 2.05) is 18.2 Å². The summed E-state index contributed by atoms with van der Waals surface area (Å²) in [5.74, 6) is 6.03. The third-order valence-corrected chi connectivity index (χ3v) is 3.55. The lowest BCUT2D eigenvalue weighted by atomic mass is 10.1. The summed E-state index contributed by atoms with van der Waals surface area (Å²) in [4.78, 5) is 2.33. The molecule has 1 saturated heterocycles. The summed E-state index contributed by atoms with van der Waals surface area (Å²) in [5, 5.41) is 9.24. The van der Waals surface area contributed by atoms with Gasteiger partial charge >= 0.3 is 0 Å². The van der Waals surface area contributed by atoms with Crippen molar-refractivity contribution in [2.24, 2.45) is 5.73 Å². The number of hydrogen-bond donors (Lipinski definition) is 2. The van der Waals surface area contributed by atoms with E-state index >= 15 is 0 Å². The molecule has 1 aromatic rings. The van der Waals surface area contributed by atoms with Gasteiger partial charge in [0.25, 0.3) is 0 Å². The molecule has 2 rings (SSSR count). The van der Waals surface area contributed by atoms with Crippen LogP contribution in [0.4, 0.5) is 0 Å². The third-order valence-electron chi connectivity index (χ3n) is 3.55. The highest BCUT2D eigenvalue weighted by molar-refractivity contribution is 5.41. The van der Waals surface area contributed by atoms with Gasteiger partial charge in [0.1, 0.15) is 0 Å². The normalized spacial score (nSPS) is 23.1. The molecule has 0 amide bonds. The van der Waals surface area contributed by atoms with Crippen LogP contribution in [0.5, 0.6) is 0 Å². The minimum Gasteiger partial charge on any atom is -0.394 e. The van der Waals surface area contributed by atoms with Crippen molar-refractivity contribution in [2.75, 3.05) is 26.3 Å². The van der Waals surface area contributed by atoms with E-state index in [-0.39, 0.29) is 12.7 Å². The Morgan fingerprint density at radius 2 is 2.25 bits per heavy atom. The van der Waals surface area contributed by atoms with Crippen LogP contribution >= 0.6 is 0 Å². The van der Waals surface area contributed by atoms with Crippen molar-refractivity contribution in [1.29, 1.82) is 0 Å². The van der Waals surface area contributed by atoms with Gasteiger partial charge in [-0.3, -0.25) is 4.90 Å². The maximum atomic E-state index is 9.24. The zero-order chi connectivity index (χ0) is 14.4. The highest BCUT2D eigenvalue weighted by Crippen LogP contribution is 2.17. The monoisotopic (exact) mass is 274 g/mol. The van der Waals surface area contributed by atoms with Crippen molar-refractivity contribution in [2.45, 2.75) is 25.6 Å². The number of benzene rings is 1. The molecule has 1 heterocycles. The summed E-state index contributed by atoms with van der Waals surface area (Å²) >= 11 is 0. The molecule has 1 aromatic carbocycles. The second kappa shape index (κ2) is 7.41. The average Bonchev–Trinajstić information content (AvgIpc) is 2.48. The van der Waals surface area contributed by atoms with E-state index in [1.165, 1.54) is 5.56 Å². The van der Waals surface area contributed by atoms with Crippen LogP contribution in [-0.2, 0) is 11.3 Å². The molecule has 0 radical (unpaired) electrons. The molecule has 108 valence electrons. The van der Waals surface area contributed by atoms with E-state index in [0.29, 0.717) is 19.2 Å². The number of rotatable bonds is 3. The van der Waals surface area contributed by atoms with Gasteiger partial charge in [-0.05, 0) is 18.6 Å². The number of nitrogens with two attached hydrogens (primary N) is 1. The van der Waals surface area contributed by atoms with Gasteiger partial charge in [0.15, 0.2) is 0 Å². The molecule has 20 heavy (non-hydrogen) atoms. The predicted octanol–water partition coefficient (Wildman–Crippen LogP) is 0.578. The van der Waals surface area contributed by atoms with Gasteiger partial charge in [0.2, 0.25) is 0 Å². The molecule has 4 nitrogen and oxygen atoms in total. The van der Waals surface area contributed by atoms with Crippen LogP contribution in [0.15, 0.2) is 24.3 Å². The molecule has 0 aliphatic carbocycles. The Kier molecular flexibility index (Phi) is 5.57. The van der Waals surface area contributed by atoms with Gasteiger partial charge in [0, 0.05) is 24.7 Å². The molecular weight excluding hydrogens is 252 g/mol. The Labute approximate surface area is 120 Å². The Morgan fingerprint density at radius 3 is 3.00 bits per heavy atom. The van der Waals surface area contributed by atoms with Crippen LogP contribution in [0.2, 0.25) is 0 Å². The summed E-state index contributed by atoms with van der Waals surface area (Å²) in [7, 11) is 0.